The lowest BCUT2D eigenvalue weighted by molar-refractivity contribution is -0.00898. The quantitative estimate of drug-likeness (QED) is 0.789. The van der Waals surface area contributed by atoms with Gasteiger partial charge in [-0.3, -0.25) is 0 Å². The lowest BCUT2D eigenvalue weighted by Gasteiger charge is -2.25. The number of ether oxygens (including phenoxy) is 2. The van der Waals surface area contributed by atoms with Gasteiger partial charge in [0.2, 0.25) is 5.88 Å². The number of aromatic nitrogens is 1. The molecule has 0 spiro atoms. The number of nitrogens with zero attached hydrogens (tertiary/aromatic N) is 1. The summed E-state index contributed by atoms with van der Waals surface area (Å²) in [6.45, 7) is 8.50. The van der Waals surface area contributed by atoms with Gasteiger partial charge in [-0.15, -0.1) is 0 Å². The second kappa shape index (κ2) is 6.57. The van der Waals surface area contributed by atoms with E-state index in [9.17, 15) is 0 Å². The monoisotopic (exact) mass is 238 g/mol. The molecule has 0 aliphatic heterocycles. The molecular weight excluding hydrogens is 216 g/mol. The van der Waals surface area contributed by atoms with Gasteiger partial charge in [0.1, 0.15) is 0 Å². The maximum absolute atomic E-state index is 5.61. The summed E-state index contributed by atoms with van der Waals surface area (Å²) in [5, 5.41) is 3.36. The van der Waals surface area contributed by atoms with Crippen LogP contribution >= 0.6 is 0 Å². The highest BCUT2D eigenvalue weighted by Gasteiger charge is 2.16. The Balaban J connectivity index is 2.35. The smallest absolute Gasteiger partial charge is 0.212 e. The minimum atomic E-state index is -0.130. The molecule has 0 fully saturated rings. The molecule has 0 amide bonds. The van der Waals surface area contributed by atoms with Crippen LogP contribution < -0.4 is 10.1 Å². The normalized spacial score (nSPS) is 11.5. The van der Waals surface area contributed by atoms with E-state index in [0.717, 1.165) is 25.3 Å². The van der Waals surface area contributed by atoms with Crippen LogP contribution in [-0.4, -0.2) is 30.8 Å². The van der Waals surface area contributed by atoms with Crippen LogP contribution in [0.3, 0.4) is 0 Å². The predicted octanol–water partition coefficient (Wildman–Crippen LogP) is 1.99. The topological polar surface area (TPSA) is 43.4 Å². The van der Waals surface area contributed by atoms with Crippen LogP contribution in [0.2, 0.25) is 0 Å². The summed E-state index contributed by atoms with van der Waals surface area (Å²) in [5.41, 5.74) is 1.01. The minimum absolute atomic E-state index is 0.130. The van der Waals surface area contributed by atoms with Gasteiger partial charge in [-0.1, -0.05) is 6.07 Å². The molecule has 1 aromatic heterocycles. The van der Waals surface area contributed by atoms with Crippen LogP contribution in [0.5, 0.6) is 5.88 Å². The first-order valence-electron chi connectivity index (χ1n) is 5.91. The van der Waals surface area contributed by atoms with Crippen molar-refractivity contribution in [2.75, 3.05) is 20.3 Å². The third-order valence-corrected chi connectivity index (χ3v) is 2.42. The van der Waals surface area contributed by atoms with Gasteiger partial charge in [0.05, 0.1) is 12.7 Å². The predicted molar refractivity (Wildman–Crippen MR) is 68.2 cm³/mol. The number of rotatable bonds is 7. The third-order valence-electron chi connectivity index (χ3n) is 2.42. The summed E-state index contributed by atoms with van der Waals surface area (Å²) >= 11 is 0. The molecule has 4 nitrogen and oxygen atoms in total. The molecule has 0 atom stereocenters. The number of methoxy groups -OCH3 is 1. The van der Waals surface area contributed by atoms with Gasteiger partial charge in [-0.25, -0.2) is 4.98 Å². The Morgan fingerprint density at radius 2 is 2.12 bits per heavy atom. The lowest BCUT2D eigenvalue weighted by Crippen LogP contribution is -2.37. The van der Waals surface area contributed by atoms with E-state index in [0.29, 0.717) is 5.88 Å². The van der Waals surface area contributed by atoms with E-state index in [4.69, 9.17) is 9.47 Å². The standard InChI is InChI=1S/C13H22N2O2/c1-5-17-13(2,3)10-14-8-11-6-7-12(16-4)15-9-11/h6-7,9,14H,5,8,10H2,1-4H3. The molecule has 0 unspecified atom stereocenters. The van der Waals surface area contributed by atoms with Crippen molar-refractivity contribution < 1.29 is 9.47 Å². The molecule has 0 aromatic carbocycles. The van der Waals surface area contributed by atoms with Crippen molar-refractivity contribution in [1.82, 2.24) is 10.3 Å². The van der Waals surface area contributed by atoms with Crippen molar-refractivity contribution in [3.05, 3.63) is 23.9 Å². The average molecular weight is 238 g/mol. The van der Waals surface area contributed by atoms with Gasteiger partial charge >= 0.3 is 0 Å². The molecule has 0 saturated heterocycles. The van der Waals surface area contributed by atoms with E-state index >= 15 is 0 Å². The number of nitrogens with one attached hydrogen (secondary N) is 1. The lowest BCUT2D eigenvalue weighted by atomic mass is 10.1. The number of hydrogen-bond acceptors (Lipinski definition) is 4. The summed E-state index contributed by atoms with van der Waals surface area (Å²) < 4.78 is 10.6. The highest BCUT2D eigenvalue weighted by molar-refractivity contribution is 5.17. The van der Waals surface area contributed by atoms with Crippen molar-refractivity contribution in [3.8, 4) is 5.88 Å². The second-order valence-corrected chi connectivity index (χ2v) is 4.51. The van der Waals surface area contributed by atoms with E-state index < -0.39 is 0 Å². The van der Waals surface area contributed by atoms with Gasteiger partial charge in [-0.2, -0.15) is 0 Å². The van der Waals surface area contributed by atoms with Gasteiger partial charge in [0.15, 0.2) is 0 Å². The molecular formula is C13H22N2O2. The van der Waals surface area contributed by atoms with Crippen LogP contribution in [0.25, 0.3) is 0 Å². The highest BCUT2D eigenvalue weighted by Crippen LogP contribution is 2.09. The Labute approximate surface area is 103 Å². The van der Waals surface area contributed by atoms with Crippen molar-refractivity contribution in [3.63, 3.8) is 0 Å². The zero-order valence-electron chi connectivity index (χ0n) is 11.1. The Morgan fingerprint density at radius 1 is 1.35 bits per heavy atom. The van der Waals surface area contributed by atoms with E-state index in [1.54, 1.807) is 7.11 Å². The maximum atomic E-state index is 5.61. The Hall–Kier alpha value is -1.13. The summed E-state index contributed by atoms with van der Waals surface area (Å²) in [6.07, 6.45) is 1.82. The fourth-order valence-corrected chi connectivity index (χ4v) is 1.59. The molecule has 0 saturated carbocycles. The maximum Gasteiger partial charge on any atom is 0.212 e. The van der Waals surface area contributed by atoms with Gasteiger partial charge in [0.25, 0.3) is 0 Å². The van der Waals surface area contributed by atoms with Crippen molar-refractivity contribution in [2.45, 2.75) is 32.9 Å². The van der Waals surface area contributed by atoms with Gasteiger partial charge in [0, 0.05) is 32.0 Å². The van der Waals surface area contributed by atoms with Gasteiger partial charge < -0.3 is 14.8 Å². The fourth-order valence-electron chi connectivity index (χ4n) is 1.59. The highest BCUT2D eigenvalue weighted by atomic mass is 16.5. The Morgan fingerprint density at radius 3 is 2.65 bits per heavy atom. The second-order valence-electron chi connectivity index (χ2n) is 4.51. The zero-order chi connectivity index (χ0) is 12.7. The van der Waals surface area contributed by atoms with Crippen molar-refractivity contribution in [2.24, 2.45) is 0 Å². The molecule has 1 N–H and O–H groups in total. The molecule has 0 bridgehead atoms. The van der Waals surface area contributed by atoms with Crippen LogP contribution in [0.4, 0.5) is 0 Å². The Kier molecular flexibility index (Phi) is 5.38. The average Bonchev–Trinajstić information content (AvgIpc) is 2.29. The fraction of sp³-hybridized carbons (Fsp3) is 0.615. The Bertz CT molecular complexity index is 323. The molecule has 4 heteroatoms. The van der Waals surface area contributed by atoms with Gasteiger partial charge in [-0.05, 0) is 26.3 Å². The SMILES string of the molecule is CCOC(C)(C)CNCc1ccc(OC)nc1. The van der Waals surface area contributed by atoms with Crippen LogP contribution in [0.1, 0.15) is 26.3 Å². The molecule has 1 rings (SSSR count). The summed E-state index contributed by atoms with van der Waals surface area (Å²) in [7, 11) is 1.62. The first-order chi connectivity index (χ1) is 8.07. The van der Waals surface area contributed by atoms with Crippen LogP contribution in [0.15, 0.2) is 18.3 Å². The molecule has 96 valence electrons. The van der Waals surface area contributed by atoms with E-state index in [-0.39, 0.29) is 5.60 Å². The number of pyridine rings is 1. The van der Waals surface area contributed by atoms with Crippen molar-refractivity contribution in [1.29, 1.82) is 0 Å². The summed E-state index contributed by atoms with van der Waals surface area (Å²) in [4.78, 5) is 4.16. The van der Waals surface area contributed by atoms with Crippen LogP contribution in [0, 0.1) is 0 Å². The van der Waals surface area contributed by atoms with E-state index in [1.165, 1.54) is 0 Å². The van der Waals surface area contributed by atoms with Crippen LogP contribution in [-0.2, 0) is 11.3 Å². The van der Waals surface area contributed by atoms with E-state index in [1.807, 2.05) is 25.3 Å². The molecule has 17 heavy (non-hydrogen) atoms. The third kappa shape index (κ3) is 5.15. The summed E-state index contributed by atoms with van der Waals surface area (Å²) in [5.74, 6) is 0.642. The van der Waals surface area contributed by atoms with E-state index in [2.05, 4.69) is 24.1 Å². The first-order valence-corrected chi connectivity index (χ1v) is 5.91. The molecule has 1 aromatic rings. The molecule has 1 heterocycles. The molecule has 0 radical (unpaired) electrons. The number of hydrogen-bond donors (Lipinski definition) is 1. The largest absolute Gasteiger partial charge is 0.481 e. The first kappa shape index (κ1) is 13.9. The zero-order valence-corrected chi connectivity index (χ0v) is 11.1. The minimum Gasteiger partial charge on any atom is -0.481 e. The van der Waals surface area contributed by atoms with Crippen molar-refractivity contribution >= 4 is 0 Å². The molecule has 0 aliphatic rings. The molecule has 0 aliphatic carbocycles. The summed E-state index contributed by atoms with van der Waals surface area (Å²) in [6, 6.07) is 3.87.